The number of para-hydroxylation sites is 2. The Morgan fingerprint density at radius 3 is 3.10 bits per heavy atom. The van der Waals surface area contributed by atoms with Crippen molar-refractivity contribution in [3.63, 3.8) is 0 Å². The molecule has 1 atom stereocenters. The van der Waals surface area contributed by atoms with Crippen LogP contribution in [0, 0.1) is 0 Å². The van der Waals surface area contributed by atoms with E-state index in [1.165, 1.54) is 24.8 Å². The summed E-state index contributed by atoms with van der Waals surface area (Å²) in [6.07, 6.45) is 6.10. The highest BCUT2D eigenvalue weighted by atomic mass is 16.5. The zero-order valence-corrected chi connectivity index (χ0v) is 12.2. The summed E-state index contributed by atoms with van der Waals surface area (Å²) in [4.78, 5) is 6.80. The van der Waals surface area contributed by atoms with Gasteiger partial charge in [-0.2, -0.15) is 0 Å². The van der Waals surface area contributed by atoms with Gasteiger partial charge >= 0.3 is 0 Å². The molecule has 1 aromatic heterocycles. The number of imidazole rings is 1. The Kier molecular flexibility index (Phi) is 4.33. The first-order valence-corrected chi connectivity index (χ1v) is 7.53. The first-order valence-electron chi connectivity index (χ1n) is 7.53. The van der Waals surface area contributed by atoms with Gasteiger partial charge in [0.05, 0.1) is 23.5 Å². The highest BCUT2D eigenvalue weighted by Crippen LogP contribution is 2.14. The van der Waals surface area contributed by atoms with Crippen molar-refractivity contribution in [2.24, 2.45) is 0 Å². The highest BCUT2D eigenvalue weighted by molar-refractivity contribution is 5.74. The Morgan fingerprint density at radius 1 is 1.35 bits per heavy atom. The van der Waals surface area contributed by atoms with Gasteiger partial charge in [0.25, 0.3) is 0 Å². The predicted molar refractivity (Wildman–Crippen MR) is 80.8 cm³/mol. The molecule has 2 aromatic rings. The van der Waals surface area contributed by atoms with Crippen molar-refractivity contribution in [2.75, 3.05) is 26.7 Å². The van der Waals surface area contributed by atoms with Crippen molar-refractivity contribution >= 4 is 11.0 Å². The molecule has 4 nitrogen and oxygen atoms in total. The lowest BCUT2D eigenvalue weighted by atomic mass is 10.1. The van der Waals surface area contributed by atoms with E-state index in [9.17, 15) is 0 Å². The molecule has 1 saturated heterocycles. The number of hydrogen-bond acceptors (Lipinski definition) is 3. The van der Waals surface area contributed by atoms with Crippen molar-refractivity contribution < 1.29 is 4.74 Å². The molecule has 4 heteroatoms. The molecule has 108 valence electrons. The molecule has 0 unspecified atom stereocenters. The fourth-order valence-electron chi connectivity index (χ4n) is 2.86. The average molecular weight is 273 g/mol. The smallest absolute Gasteiger partial charge is 0.0958 e. The Morgan fingerprint density at radius 2 is 2.25 bits per heavy atom. The van der Waals surface area contributed by atoms with E-state index in [0.717, 1.165) is 31.8 Å². The fourth-order valence-corrected chi connectivity index (χ4v) is 2.86. The van der Waals surface area contributed by atoms with E-state index in [1.54, 1.807) is 0 Å². The molecule has 3 rings (SSSR count). The van der Waals surface area contributed by atoms with Crippen LogP contribution >= 0.6 is 0 Å². The maximum atomic E-state index is 5.80. The summed E-state index contributed by atoms with van der Waals surface area (Å²) in [5, 5.41) is 0. The summed E-state index contributed by atoms with van der Waals surface area (Å²) >= 11 is 0. The predicted octanol–water partition coefficient (Wildman–Crippen LogP) is 2.54. The van der Waals surface area contributed by atoms with Crippen molar-refractivity contribution in [3.05, 3.63) is 30.6 Å². The summed E-state index contributed by atoms with van der Waals surface area (Å²) in [5.74, 6) is 0. The number of aromatic nitrogens is 2. The molecule has 1 aliphatic rings. The van der Waals surface area contributed by atoms with Crippen molar-refractivity contribution in [1.82, 2.24) is 14.5 Å². The van der Waals surface area contributed by atoms with Gasteiger partial charge in [0.15, 0.2) is 0 Å². The van der Waals surface area contributed by atoms with Gasteiger partial charge in [-0.05, 0) is 38.4 Å². The van der Waals surface area contributed by atoms with Crippen LogP contribution in [0.4, 0.5) is 0 Å². The normalized spacial score (nSPS) is 19.8. The van der Waals surface area contributed by atoms with Gasteiger partial charge in [0.1, 0.15) is 0 Å². The molecule has 0 saturated carbocycles. The minimum atomic E-state index is 0.424. The third-order valence-corrected chi connectivity index (χ3v) is 4.04. The van der Waals surface area contributed by atoms with Gasteiger partial charge in [-0.3, -0.25) is 0 Å². The molecule has 1 aromatic carbocycles. The third kappa shape index (κ3) is 3.19. The second-order valence-corrected chi connectivity index (χ2v) is 5.68. The minimum absolute atomic E-state index is 0.424. The molecule has 0 bridgehead atoms. The molecule has 20 heavy (non-hydrogen) atoms. The van der Waals surface area contributed by atoms with Crippen LogP contribution in [-0.4, -0.2) is 47.3 Å². The second-order valence-electron chi connectivity index (χ2n) is 5.68. The summed E-state index contributed by atoms with van der Waals surface area (Å²) in [5.41, 5.74) is 2.29. The lowest BCUT2D eigenvalue weighted by molar-refractivity contribution is -0.00178. The number of likely N-dealkylation sites (N-methyl/N-ethyl adjacent to an activating group) is 1. The van der Waals surface area contributed by atoms with E-state index < -0.39 is 0 Å². The molecule has 1 fully saturated rings. The summed E-state index contributed by atoms with van der Waals surface area (Å²) in [6, 6.07) is 8.30. The topological polar surface area (TPSA) is 30.3 Å². The number of rotatable bonds is 5. The number of hydrogen-bond donors (Lipinski definition) is 0. The monoisotopic (exact) mass is 273 g/mol. The SMILES string of the molecule is CN(CCn1cnc2ccccc21)C[C@H]1CCCCO1. The molecular formula is C16H23N3O. The van der Waals surface area contributed by atoms with Crippen LogP contribution in [-0.2, 0) is 11.3 Å². The summed E-state index contributed by atoms with van der Waals surface area (Å²) < 4.78 is 8.02. The Bertz CT molecular complexity index is 545. The van der Waals surface area contributed by atoms with Crippen LogP contribution in [0.3, 0.4) is 0 Å². The largest absolute Gasteiger partial charge is 0.377 e. The van der Waals surface area contributed by atoms with Crippen molar-refractivity contribution in [1.29, 1.82) is 0 Å². The third-order valence-electron chi connectivity index (χ3n) is 4.04. The van der Waals surface area contributed by atoms with Crippen LogP contribution in [0.1, 0.15) is 19.3 Å². The van der Waals surface area contributed by atoms with Gasteiger partial charge in [0, 0.05) is 26.2 Å². The van der Waals surface area contributed by atoms with E-state index in [0.29, 0.717) is 6.10 Å². The zero-order valence-electron chi connectivity index (χ0n) is 12.2. The van der Waals surface area contributed by atoms with Crippen LogP contribution in [0.5, 0.6) is 0 Å². The van der Waals surface area contributed by atoms with Gasteiger partial charge in [0.2, 0.25) is 0 Å². The number of ether oxygens (including phenoxy) is 1. The van der Waals surface area contributed by atoms with Crippen molar-refractivity contribution in [2.45, 2.75) is 31.9 Å². The van der Waals surface area contributed by atoms with E-state index in [-0.39, 0.29) is 0 Å². The van der Waals surface area contributed by atoms with E-state index in [1.807, 2.05) is 12.4 Å². The number of nitrogens with zero attached hydrogens (tertiary/aromatic N) is 3. The standard InChI is InChI=1S/C16H23N3O/c1-18(12-14-6-4-5-11-20-14)9-10-19-13-17-15-7-2-3-8-16(15)19/h2-3,7-8,13-14H,4-6,9-12H2,1H3/t14-/m1/s1. The van der Waals surface area contributed by atoms with Gasteiger partial charge in [-0.15, -0.1) is 0 Å². The van der Waals surface area contributed by atoms with Crippen LogP contribution in [0.15, 0.2) is 30.6 Å². The van der Waals surface area contributed by atoms with E-state index in [4.69, 9.17) is 4.74 Å². The van der Waals surface area contributed by atoms with Crippen LogP contribution in [0.25, 0.3) is 11.0 Å². The summed E-state index contributed by atoms with van der Waals surface area (Å²) in [6.45, 7) is 3.97. The molecule has 0 N–H and O–H groups in total. The highest BCUT2D eigenvalue weighted by Gasteiger charge is 2.15. The second kappa shape index (κ2) is 6.37. The molecule has 0 spiro atoms. The van der Waals surface area contributed by atoms with Gasteiger partial charge < -0.3 is 14.2 Å². The number of fused-ring (bicyclic) bond motifs is 1. The fraction of sp³-hybridized carbons (Fsp3) is 0.562. The first kappa shape index (κ1) is 13.6. The van der Waals surface area contributed by atoms with Gasteiger partial charge in [-0.25, -0.2) is 4.98 Å². The summed E-state index contributed by atoms with van der Waals surface area (Å²) in [7, 11) is 2.18. The first-order chi connectivity index (χ1) is 9.83. The number of benzene rings is 1. The Hall–Kier alpha value is -1.39. The van der Waals surface area contributed by atoms with Crippen LogP contribution in [0.2, 0.25) is 0 Å². The van der Waals surface area contributed by atoms with E-state index >= 15 is 0 Å². The molecule has 0 aliphatic carbocycles. The van der Waals surface area contributed by atoms with Crippen molar-refractivity contribution in [3.8, 4) is 0 Å². The molecule has 0 radical (unpaired) electrons. The maximum absolute atomic E-state index is 5.80. The average Bonchev–Trinajstić information content (AvgIpc) is 2.89. The Labute approximate surface area is 120 Å². The Balaban J connectivity index is 1.53. The lowest BCUT2D eigenvalue weighted by Gasteiger charge is -2.27. The zero-order chi connectivity index (χ0) is 13.8. The quantitative estimate of drug-likeness (QED) is 0.838. The molecule has 1 aliphatic heterocycles. The van der Waals surface area contributed by atoms with E-state index in [2.05, 4.69) is 39.7 Å². The molecular weight excluding hydrogens is 250 g/mol. The van der Waals surface area contributed by atoms with Gasteiger partial charge in [-0.1, -0.05) is 12.1 Å². The lowest BCUT2D eigenvalue weighted by Crippen LogP contribution is -2.35. The molecule has 0 amide bonds. The minimum Gasteiger partial charge on any atom is -0.377 e. The maximum Gasteiger partial charge on any atom is 0.0958 e. The van der Waals surface area contributed by atoms with Crippen LogP contribution < -0.4 is 0 Å². The molecule has 2 heterocycles.